The molecule has 1 heteroatoms. The second-order valence-electron chi connectivity index (χ2n) is 3.15. The topological polar surface area (TPSA) is 3.24 Å². The van der Waals surface area contributed by atoms with Crippen LogP contribution in [0.2, 0.25) is 0 Å². The molecule has 64 valence electrons. The lowest BCUT2D eigenvalue weighted by Crippen LogP contribution is -2.31. The van der Waals surface area contributed by atoms with Gasteiger partial charge in [0.15, 0.2) is 0 Å². The standard InChI is InChI=1S/C11H15N/c1-4-7-11(12(2)3)10-8-5-6-9-10/h5-6,8-11H,1-3H3. The zero-order chi connectivity index (χ0) is 8.97. The highest BCUT2D eigenvalue weighted by Crippen LogP contribution is 2.16. The molecule has 0 N–H and O–H groups in total. The molecule has 1 aliphatic rings. The minimum absolute atomic E-state index is 0.324. The monoisotopic (exact) mass is 161 g/mol. The summed E-state index contributed by atoms with van der Waals surface area (Å²) in [6.07, 6.45) is 8.54. The van der Waals surface area contributed by atoms with Gasteiger partial charge in [-0.25, -0.2) is 0 Å². The summed E-state index contributed by atoms with van der Waals surface area (Å²) in [5, 5.41) is 0. The van der Waals surface area contributed by atoms with Crippen LogP contribution in [0.25, 0.3) is 0 Å². The Bertz CT molecular complexity index is 238. The van der Waals surface area contributed by atoms with Crippen molar-refractivity contribution >= 4 is 0 Å². The maximum Gasteiger partial charge on any atom is 0.0808 e. The van der Waals surface area contributed by atoms with Crippen LogP contribution in [0.1, 0.15) is 6.92 Å². The van der Waals surface area contributed by atoms with Gasteiger partial charge in [0.25, 0.3) is 0 Å². The van der Waals surface area contributed by atoms with E-state index in [9.17, 15) is 0 Å². The van der Waals surface area contributed by atoms with Crippen LogP contribution in [0.4, 0.5) is 0 Å². The van der Waals surface area contributed by atoms with Crippen LogP contribution >= 0.6 is 0 Å². The highest BCUT2D eigenvalue weighted by atomic mass is 15.1. The van der Waals surface area contributed by atoms with Gasteiger partial charge in [-0.05, 0) is 21.0 Å². The maximum atomic E-state index is 3.20. The molecular formula is C11H15N. The summed E-state index contributed by atoms with van der Waals surface area (Å²) in [5.74, 6) is 6.63. The third kappa shape index (κ3) is 1.99. The molecule has 0 spiro atoms. The van der Waals surface area contributed by atoms with Crippen molar-refractivity contribution in [3.05, 3.63) is 24.3 Å². The zero-order valence-corrected chi connectivity index (χ0v) is 7.91. The van der Waals surface area contributed by atoms with E-state index in [-0.39, 0.29) is 0 Å². The van der Waals surface area contributed by atoms with E-state index in [0.717, 1.165) is 0 Å². The van der Waals surface area contributed by atoms with Gasteiger partial charge in [-0.2, -0.15) is 0 Å². The molecule has 1 unspecified atom stereocenters. The molecule has 0 saturated carbocycles. The van der Waals surface area contributed by atoms with Crippen LogP contribution in [0.15, 0.2) is 24.3 Å². The highest BCUT2D eigenvalue weighted by molar-refractivity contribution is 5.25. The molecule has 0 saturated heterocycles. The summed E-state index contributed by atoms with van der Waals surface area (Å²) in [5.41, 5.74) is 0. The Kier molecular flexibility index (Phi) is 3.13. The van der Waals surface area contributed by atoms with Gasteiger partial charge in [0.05, 0.1) is 6.04 Å². The number of hydrogen-bond acceptors (Lipinski definition) is 1. The van der Waals surface area contributed by atoms with Crippen LogP contribution < -0.4 is 0 Å². The number of nitrogens with zero attached hydrogens (tertiary/aromatic N) is 1. The number of rotatable bonds is 2. The zero-order valence-electron chi connectivity index (χ0n) is 7.91. The highest BCUT2D eigenvalue weighted by Gasteiger charge is 2.17. The molecule has 1 aliphatic carbocycles. The van der Waals surface area contributed by atoms with E-state index in [1.54, 1.807) is 0 Å². The molecule has 0 radical (unpaired) electrons. The Balaban J connectivity index is 2.70. The van der Waals surface area contributed by atoms with E-state index >= 15 is 0 Å². The first-order chi connectivity index (χ1) is 5.75. The van der Waals surface area contributed by atoms with Crippen molar-refractivity contribution in [2.45, 2.75) is 13.0 Å². The average molecular weight is 161 g/mol. The second-order valence-corrected chi connectivity index (χ2v) is 3.15. The van der Waals surface area contributed by atoms with E-state index < -0.39 is 0 Å². The summed E-state index contributed by atoms with van der Waals surface area (Å²) in [4.78, 5) is 2.15. The van der Waals surface area contributed by atoms with Gasteiger partial charge in [-0.15, -0.1) is 5.92 Å². The normalized spacial score (nSPS) is 18.0. The average Bonchev–Trinajstić information content (AvgIpc) is 2.51. The minimum atomic E-state index is 0.324. The SMILES string of the molecule is CC#CC(C1C=CC=C1)N(C)C. The van der Waals surface area contributed by atoms with Crippen LogP contribution in [0.5, 0.6) is 0 Å². The Hall–Kier alpha value is -1.00. The lowest BCUT2D eigenvalue weighted by Gasteiger charge is -2.22. The Labute approximate surface area is 74.8 Å². The predicted molar refractivity (Wildman–Crippen MR) is 52.7 cm³/mol. The van der Waals surface area contributed by atoms with Crippen molar-refractivity contribution in [1.29, 1.82) is 0 Å². The summed E-state index contributed by atoms with van der Waals surface area (Å²) >= 11 is 0. The molecule has 1 nitrogen and oxygen atoms in total. The van der Waals surface area contributed by atoms with Crippen molar-refractivity contribution in [2.75, 3.05) is 14.1 Å². The third-order valence-corrected chi connectivity index (χ3v) is 1.99. The van der Waals surface area contributed by atoms with E-state index in [2.05, 4.69) is 55.1 Å². The second kappa shape index (κ2) is 4.13. The summed E-state index contributed by atoms with van der Waals surface area (Å²) in [6.45, 7) is 1.89. The van der Waals surface area contributed by atoms with Crippen molar-refractivity contribution in [3.8, 4) is 11.8 Å². The Morgan fingerprint density at radius 1 is 1.25 bits per heavy atom. The van der Waals surface area contributed by atoms with Gasteiger partial charge in [0, 0.05) is 5.92 Å². The third-order valence-electron chi connectivity index (χ3n) is 1.99. The summed E-state index contributed by atoms with van der Waals surface area (Å²) in [6, 6.07) is 0.324. The van der Waals surface area contributed by atoms with Gasteiger partial charge in [-0.1, -0.05) is 30.2 Å². The fourth-order valence-electron chi connectivity index (χ4n) is 1.38. The molecule has 0 bridgehead atoms. The molecule has 1 rings (SSSR count). The van der Waals surface area contributed by atoms with Crippen LogP contribution in [0, 0.1) is 17.8 Å². The van der Waals surface area contributed by atoms with Crippen molar-refractivity contribution in [1.82, 2.24) is 4.90 Å². The maximum absolute atomic E-state index is 3.20. The predicted octanol–water partition coefficient (Wildman–Crippen LogP) is 1.68. The van der Waals surface area contributed by atoms with E-state index in [1.165, 1.54) is 0 Å². The molecule has 0 aromatic rings. The smallest absolute Gasteiger partial charge is 0.0808 e. The minimum Gasteiger partial charge on any atom is -0.295 e. The quantitative estimate of drug-likeness (QED) is 0.557. The molecule has 12 heavy (non-hydrogen) atoms. The Morgan fingerprint density at radius 3 is 2.25 bits per heavy atom. The molecule has 0 aliphatic heterocycles. The lowest BCUT2D eigenvalue weighted by atomic mass is 10.0. The molecule has 1 atom stereocenters. The first-order valence-corrected chi connectivity index (χ1v) is 4.19. The van der Waals surface area contributed by atoms with E-state index in [4.69, 9.17) is 0 Å². The Morgan fingerprint density at radius 2 is 1.83 bits per heavy atom. The summed E-state index contributed by atoms with van der Waals surface area (Å²) in [7, 11) is 4.13. The lowest BCUT2D eigenvalue weighted by molar-refractivity contribution is 0.322. The van der Waals surface area contributed by atoms with Crippen LogP contribution in [-0.2, 0) is 0 Å². The molecule has 0 aromatic carbocycles. The van der Waals surface area contributed by atoms with Gasteiger partial charge >= 0.3 is 0 Å². The van der Waals surface area contributed by atoms with Gasteiger partial charge in [-0.3, -0.25) is 4.90 Å². The molecule has 0 aromatic heterocycles. The van der Waals surface area contributed by atoms with Crippen molar-refractivity contribution in [2.24, 2.45) is 5.92 Å². The molecule has 0 fully saturated rings. The van der Waals surface area contributed by atoms with Crippen molar-refractivity contribution < 1.29 is 0 Å². The van der Waals surface area contributed by atoms with Gasteiger partial charge < -0.3 is 0 Å². The first-order valence-electron chi connectivity index (χ1n) is 4.19. The van der Waals surface area contributed by atoms with Crippen LogP contribution in [0.3, 0.4) is 0 Å². The van der Waals surface area contributed by atoms with Gasteiger partial charge in [0.1, 0.15) is 0 Å². The van der Waals surface area contributed by atoms with E-state index in [1.807, 2.05) is 6.92 Å². The number of allylic oxidation sites excluding steroid dienone is 2. The molecule has 0 heterocycles. The van der Waals surface area contributed by atoms with Crippen molar-refractivity contribution in [3.63, 3.8) is 0 Å². The first kappa shape index (κ1) is 9.09. The molecule has 0 amide bonds. The fraction of sp³-hybridized carbons (Fsp3) is 0.455. The summed E-state index contributed by atoms with van der Waals surface area (Å²) < 4.78 is 0. The number of hydrogen-bond donors (Lipinski definition) is 0. The largest absolute Gasteiger partial charge is 0.295 e. The van der Waals surface area contributed by atoms with Crippen LogP contribution in [-0.4, -0.2) is 25.0 Å². The van der Waals surface area contributed by atoms with E-state index in [0.29, 0.717) is 12.0 Å². The van der Waals surface area contributed by atoms with Gasteiger partial charge in [0.2, 0.25) is 0 Å². The fourth-order valence-corrected chi connectivity index (χ4v) is 1.38. The molecular weight excluding hydrogens is 146 g/mol.